The molecule has 2 N–H and O–H groups in total. The summed E-state index contributed by atoms with van der Waals surface area (Å²) in [5, 5.41) is 1.35. The second-order valence-corrected chi connectivity index (χ2v) is 6.08. The van der Waals surface area contributed by atoms with Gasteiger partial charge in [0, 0.05) is 16.9 Å². The van der Waals surface area contributed by atoms with Gasteiger partial charge in [0.05, 0.1) is 5.39 Å². The van der Waals surface area contributed by atoms with Crippen molar-refractivity contribution in [1.82, 2.24) is 9.97 Å². The highest BCUT2D eigenvalue weighted by Gasteiger charge is 2.16. The van der Waals surface area contributed by atoms with E-state index in [0.29, 0.717) is 26.1 Å². The van der Waals surface area contributed by atoms with Gasteiger partial charge in [-0.05, 0) is 36.4 Å². The molecule has 0 aliphatic carbocycles. The van der Waals surface area contributed by atoms with Crippen molar-refractivity contribution in [2.45, 2.75) is 0 Å². The van der Waals surface area contributed by atoms with Gasteiger partial charge < -0.3 is 10.6 Å². The normalized spacial score (nSPS) is 10.7. The van der Waals surface area contributed by atoms with Gasteiger partial charge in [0.2, 0.25) is 5.91 Å². The Kier molecular flexibility index (Phi) is 4.22. The number of primary amides is 1. The van der Waals surface area contributed by atoms with E-state index in [1.807, 2.05) is 0 Å². The number of hydrogen-bond donors (Lipinski definition) is 1. The van der Waals surface area contributed by atoms with Crippen LogP contribution in [-0.2, 0) is 4.79 Å². The van der Waals surface area contributed by atoms with E-state index < -0.39 is 11.5 Å². The quantitative estimate of drug-likeness (QED) is 0.783. The van der Waals surface area contributed by atoms with Crippen molar-refractivity contribution in [3.8, 4) is 0 Å². The largest absolute Gasteiger partial charge is 0.368 e. The monoisotopic (exact) mass is 346 g/mol. The van der Waals surface area contributed by atoms with Gasteiger partial charge in [0.15, 0.2) is 5.13 Å². The van der Waals surface area contributed by atoms with Crippen LogP contribution in [0.25, 0.3) is 10.2 Å². The molecule has 0 atom stereocenters. The topological polar surface area (TPSA) is 89.2 Å². The van der Waals surface area contributed by atoms with Gasteiger partial charge in [-0.3, -0.25) is 9.59 Å². The summed E-state index contributed by atoms with van der Waals surface area (Å²) in [4.78, 5) is 33.9. The first kappa shape index (κ1) is 15.4. The van der Waals surface area contributed by atoms with E-state index in [1.165, 1.54) is 11.3 Å². The summed E-state index contributed by atoms with van der Waals surface area (Å²) in [6.45, 7) is -0.108. The lowest BCUT2D eigenvalue weighted by Crippen LogP contribution is -2.31. The van der Waals surface area contributed by atoms with Crippen LogP contribution in [0.3, 0.4) is 0 Å². The zero-order chi connectivity index (χ0) is 16.4. The Labute approximate surface area is 140 Å². The van der Waals surface area contributed by atoms with E-state index in [9.17, 15) is 9.59 Å². The Bertz CT molecular complexity index is 927. The van der Waals surface area contributed by atoms with E-state index in [-0.39, 0.29) is 6.54 Å². The fraction of sp³-hybridized carbons (Fsp3) is 0.0667. The lowest BCUT2D eigenvalue weighted by Gasteiger charge is -2.21. The van der Waals surface area contributed by atoms with E-state index in [1.54, 1.807) is 47.5 Å². The summed E-state index contributed by atoms with van der Waals surface area (Å²) >= 11 is 7.10. The predicted octanol–water partition coefficient (Wildman–Crippen LogP) is 2.33. The molecular weight excluding hydrogens is 336 g/mol. The number of halogens is 1. The maximum Gasteiger partial charge on any atom is 0.282 e. The number of nitrogens with zero attached hydrogens (tertiary/aromatic N) is 3. The summed E-state index contributed by atoms with van der Waals surface area (Å²) in [6, 6.07) is 10.2. The van der Waals surface area contributed by atoms with Crippen LogP contribution in [0.4, 0.5) is 10.8 Å². The average molecular weight is 347 g/mol. The summed E-state index contributed by atoms with van der Waals surface area (Å²) in [5.41, 5.74) is 5.59. The zero-order valence-corrected chi connectivity index (χ0v) is 13.3. The van der Waals surface area contributed by atoms with Crippen molar-refractivity contribution >= 4 is 49.9 Å². The number of hydrogen-bond acceptors (Lipinski definition) is 6. The predicted molar refractivity (Wildman–Crippen MR) is 91.3 cm³/mol. The number of rotatable bonds is 4. The first-order chi connectivity index (χ1) is 11.0. The van der Waals surface area contributed by atoms with E-state index in [0.717, 1.165) is 0 Å². The van der Waals surface area contributed by atoms with Gasteiger partial charge in [0.1, 0.15) is 11.4 Å². The molecule has 116 valence electrons. The smallest absolute Gasteiger partial charge is 0.282 e. The molecule has 0 saturated heterocycles. The molecule has 0 fully saturated rings. The molecule has 3 rings (SSSR count). The van der Waals surface area contributed by atoms with E-state index in [4.69, 9.17) is 17.3 Å². The molecule has 8 heteroatoms. The van der Waals surface area contributed by atoms with Gasteiger partial charge in [-0.1, -0.05) is 22.9 Å². The highest BCUT2D eigenvalue weighted by molar-refractivity contribution is 7.21. The Morgan fingerprint density at radius 3 is 2.70 bits per heavy atom. The summed E-state index contributed by atoms with van der Waals surface area (Å²) in [7, 11) is 0. The standard InChI is InChI=1S/C15H11ClN4O2S/c16-9-3-5-10(6-4-9)20(8-12(17)21)15-19-13(22)11-2-1-7-18-14(11)23-15/h1-7H,8H2,(H2,17,21). The molecule has 2 heterocycles. The van der Waals surface area contributed by atoms with Crippen molar-refractivity contribution in [2.75, 3.05) is 11.4 Å². The third-order valence-corrected chi connectivity index (χ3v) is 4.33. The molecule has 0 bridgehead atoms. The van der Waals surface area contributed by atoms with Gasteiger partial charge in [-0.25, -0.2) is 4.98 Å². The van der Waals surface area contributed by atoms with Crippen LogP contribution in [0.15, 0.2) is 47.4 Å². The number of pyridine rings is 1. The number of nitrogens with two attached hydrogens (primary N) is 1. The number of carbonyl (C=O) groups excluding carboxylic acids is 1. The molecule has 0 saturated carbocycles. The lowest BCUT2D eigenvalue weighted by atomic mass is 10.3. The van der Waals surface area contributed by atoms with Gasteiger partial charge in [-0.15, -0.1) is 0 Å². The summed E-state index contributed by atoms with van der Waals surface area (Å²) in [5.74, 6) is -0.539. The van der Waals surface area contributed by atoms with Crippen LogP contribution in [0.2, 0.25) is 5.02 Å². The number of carbonyl (C=O) groups is 1. The Balaban J connectivity index is 2.14. The zero-order valence-electron chi connectivity index (χ0n) is 11.8. The molecule has 0 radical (unpaired) electrons. The third-order valence-electron chi connectivity index (χ3n) is 3.07. The Morgan fingerprint density at radius 1 is 1.26 bits per heavy atom. The van der Waals surface area contributed by atoms with Crippen LogP contribution < -0.4 is 16.2 Å². The average Bonchev–Trinajstić information content (AvgIpc) is 2.53. The Morgan fingerprint density at radius 2 is 2.00 bits per heavy atom. The molecule has 0 unspecified atom stereocenters. The van der Waals surface area contributed by atoms with E-state index >= 15 is 0 Å². The van der Waals surface area contributed by atoms with Crippen LogP contribution in [0.1, 0.15) is 0 Å². The fourth-order valence-corrected chi connectivity index (χ4v) is 3.14. The maximum absolute atomic E-state index is 12.2. The first-order valence-corrected chi connectivity index (χ1v) is 7.81. The SMILES string of the molecule is NC(=O)CN(c1ccc(Cl)cc1)c1nc(=O)c2cccnc2s1. The second-order valence-electron chi connectivity index (χ2n) is 4.69. The van der Waals surface area contributed by atoms with Crippen molar-refractivity contribution in [3.63, 3.8) is 0 Å². The number of aromatic nitrogens is 2. The number of benzene rings is 1. The molecule has 0 aliphatic rings. The van der Waals surface area contributed by atoms with E-state index in [2.05, 4.69) is 9.97 Å². The third kappa shape index (κ3) is 3.30. The van der Waals surface area contributed by atoms with Crippen molar-refractivity contribution in [3.05, 3.63) is 58.0 Å². The van der Waals surface area contributed by atoms with Crippen LogP contribution >= 0.6 is 22.9 Å². The minimum absolute atomic E-state index is 0.108. The summed E-state index contributed by atoms with van der Waals surface area (Å²) in [6.07, 6.45) is 1.60. The van der Waals surface area contributed by atoms with Crippen molar-refractivity contribution < 1.29 is 4.79 Å². The highest BCUT2D eigenvalue weighted by atomic mass is 35.5. The number of fused-ring (bicyclic) bond motifs is 1. The van der Waals surface area contributed by atoms with Gasteiger partial charge >= 0.3 is 0 Å². The highest BCUT2D eigenvalue weighted by Crippen LogP contribution is 2.29. The lowest BCUT2D eigenvalue weighted by molar-refractivity contribution is -0.116. The van der Waals surface area contributed by atoms with Crippen molar-refractivity contribution in [2.24, 2.45) is 5.73 Å². The van der Waals surface area contributed by atoms with Crippen molar-refractivity contribution in [1.29, 1.82) is 0 Å². The minimum atomic E-state index is -0.539. The molecule has 23 heavy (non-hydrogen) atoms. The second kappa shape index (κ2) is 6.31. The van der Waals surface area contributed by atoms with Gasteiger partial charge in [-0.2, -0.15) is 4.98 Å². The fourth-order valence-electron chi connectivity index (χ4n) is 2.05. The van der Waals surface area contributed by atoms with Crippen LogP contribution in [-0.4, -0.2) is 22.4 Å². The number of amides is 1. The molecule has 6 nitrogen and oxygen atoms in total. The summed E-state index contributed by atoms with van der Waals surface area (Å²) < 4.78 is 0. The molecule has 1 amide bonds. The van der Waals surface area contributed by atoms with Crippen LogP contribution in [0, 0.1) is 0 Å². The van der Waals surface area contributed by atoms with Crippen LogP contribution in [0.5, 0.6) is 0 Å². The maximum atomic E-state index is 12.2. The molecule has 0 spiro atoms. The Hall–Kier alpha value is -2.51. The molecule has 0 aliphatic heterocycles. The molecular formula is C15H11ClN4O2S. The number of anilines is 2. The molecule has 1 aromatic carbocycles. The molecule has 3 aromatic rings. The first-order valence-electron chi connectivity index (χ1n) is 6.62. The minimum Gasteiger partial charge on any atom is -0.368 e. The van der Waals surface area contributed by atoms with Gasteiger partial charge in [0.25, 0.3) is 5.56 Å². The molecule has 2 aromatic heterocycles.